The van der Waals surface area contributed by atoms with Crippen molar-refractivity contribution in [1.82, 2.24) is 4.90 Å². The highest BCUT2D eigenvalue weighted by Gasteiger charge is 2.49. The van der Waals surface area contributed by atoms with Crippen molar-refractivity contribution < 1.29 is 9.90 Å². The Hall–Kier alpha value is -0.770. The van der Waals surface area contributed by atoms with Crippen molar-refractivity contribution >= 4 is 6.03 Å². The minimum atomic E-state index is -0.908. The summed E-state index contributed by atoms with van der Waals surface area (Å²) < 4.78 is 0. The molecule has 2 aliphatic rings. The molecule has 0 aromatic rings. The molecule has 2 atom stereocenters. The van der Waals surface area contributed by atoms with Gasteiger partial charge in [-0.1, -0.05) is 0 Å². The third-order valence-electron chi connectivity index (χ3n) is 3.04. The summed E-state index contributed by atoms with van der Waals surface area (Å²) in [5.41, 5.74) is 4.29. The van der Waals surface area contributed by atoms with E-state index in [0.717, 1.165) is 19.3 Å². The highest BCUT2D eigenvalue weighted by Crippen LogP contribution is 2.41. The Bertz CT molecular complexity index is 215. The van der Waals surface area contributed by atoms with Crippen LogP contribution in [0, 0.1) is 0 Å². The van der Waals surface area contributed by atoms with E-state index in [9.17, 15) is 9.90 Å². The Morgan fingerprint density at radius 2 is 2.25 bits per heavy atom. The molecule has 2 rings (SSSR count). The number of amides is 2. The fraction of sp³-hybridized carbons (Fsp3) is 0.875. The van der Waals surface area contributed by atoms with Gasteiger partial charge in [0, 0.05) is 6.04 Å². The average Bonchev–Trinajstić information content (AvgIpc) is 2.18. The van der Waals surface area contributed by atoms with E-state index >= 15 is 0 Å². The van der Waals surface area contributed by atoms with Crippen LogP contribution in [0.25, 0.3) is 0 Å². The summed E-state index contributed by atoms with van der Waals surface area (Å²) in [6, 6.07) is -0.277. The summed E-state index contributed by atoms with van der Waals surface area (Å²) in [5, 5.41) is 9.98. The van der Waals surface area contributed by atoms with Crippen LogP contribution in [0.3, 0.4) is 0 Å². The third kappa shape index (κ3) is 0.909. The SMILES string of the molecule is NC(=O)N1C2CCCC1(O)CC2. The number of nitrogens with zero attached hydrogens (tertiary/aromatic N) is 1. The molecule has 0 saturated carbocycles. The van der Waals surface area contributed by atoms with Crippen LogP contribution in [-0.2, 0) is 0 Å². The zero-order valence-electron chi connectivity index (χ0n) is 6.99. The van der Waals surface area contributed by atoms with Crippen LogP contribution in [-0.4, -0.2) is 27.8 Å². The van der Waals surface area contributed by atoms with Crippen LogP contribution in [0.4, 0.5) is 4.79 Å². The summed E-state index contributed by atoms with van der Waals surface area (Å²) in [6.07, 6.45) is 4.28. The number of aliphatic hydroxyl groups is 1. The highest BCUT2D eigenvalue weighted by atomic mass is 16.3. The zero-order valence-corrected chi connectivity index (χ0v) is 6.99. The predicted octanol–water partition coefficient (Wildman–Crippen LogP) is 0.402. The van der Waals surface area contributed by atoms with Gasteiger partial charge in [0.2, 0.25) is 0 Å². The number of piperidine rings is 1. The Kier molecular flexibility index (Phi) is 1.54. The van der Waals surface area contributed by atoms with Crippen LogP contribution in [0.15, 0.2) is 0 Å². The topological polar surface area (TPSA) is 66.6 Å². The van der Waals surface area contributed by atoms with E-state index in [1.165, 1.54) is 4.90 Å². The number of nitrogens with two attached hydrogens (primary N) is 1. The molecule has 0 radical (unpaired) electrons. The molecule has 3 N–H and O–H groups in total. The molecule has 2 fully saturated rings. The van der Waals surface area contributed by atoms with Crippen molar-refractivity contribution in [2.45, 2.75) is 43.9 Å². The van der Waals surface area contributed by atoms with Gasteiger partial charge in [0.1, 0.15) is 5.72 Å². The standard InChI is InChI=1S/C8H14N2O2/c9-7(11)10-6-2-1-4-8(10,12)5-3-6/h6,12H,1-5H2,(H2,9,11). The number of hydrogen-bond acceptors (Lipinski definition) is 2. The van der Waals surface area contributed by atoms with Gasteiger partial charge in [-0.2, -0.15) is 0 Å². The molecule has 0 aliphatic carbocycles. The predicted molar refractivity (Wildman–Crippen MR) is 43.2 cm³/mol. The normalized spacial score (nSPS) is 40.1. The first-order valence-electron chi connectivity index (χ1n) is 4.45. The first-order valence-corrected chi connectivity index (χ1v) is 4.45. The van der Waals surface area contributed by atoms with E-state index in [1.54, 1.807) is 0 Å². The summed E-state index contributed by atoms with van der Waals surface area (Å²) in [4.78, 5) is 12.5. The van der Waals surface area contributed by atoms with E-state index < -0.39 is 11.8 Å². The lowest BCUT2D eigenvalue weighted by Crippen LogP contribution is -2.55. The van der Waals surface area contributed by atoms with E-state index in [2.05, 4.69) is 0 Å². The fourth-order valence-corrected chi connectivity index (χ4v) is 2.51. The zero-order chi connectivity index (χ0) is 8.77. The molecule has 2 heterocycles. The first-order chi connectivity index (χ1) is 5.63. The number of carbonyl (C=O) groups excluding carboxylic acids is 1. The van der Waals surface area contributed by atoms with Crippen molar-refractivity contribution in [3.8, 4) is 0 Å². The summed E-state index contributed by atoms with van der Waals surface area (Å²) in [7, 11) is 0. The van der Waals surface area contributed by atoms with Crippen molar-refractivity contribution in [2.75, 3.05) is 0 Å². The molecule has 2 aliphatic heterocycles. The Morgan fingerprint density at radius 3 is 2.75 bits per heavy atom. The second-order valence-corrected chi connectivity index (χ2v) is 3.78. The van der Waals surface area contributed by atoms with Crippen LogP contribution < -0.4 is 5.73 Å². The molecule has 2 amide bonds. The molecule has 2 bridgehead atoms. The van der Waals surface area contributed by atoms with Gasteiger partial charge in [0.05, 0.1) is 0 Å². The monoisotopic (exact) mass is 170 g/mol. The lowest BCUT2D eigenvalue weighted by molar-refractivity contribution is -0.0885. The molecule has 4 nitrogen and oxygen atoms in total. The van der Waals surface area contributed by atoms with Crippen molar-refractivity contribution in [3.05, 3.63) is 0 Å². The molecule has 0 aromatic carbocycles. The molecule has 0 aromatic heterocycles. The third-order valence-corrected chi connectivity index (χ3v) is 3.04. The summed E-state index contributed by atoms with van der Waals surface area (Å²) in [5.74, 6) is 0. The maximum atomic E-state index is 11.0. The smallest absolute Gasteiger partial charge is 0.317 e. The van der Waals surface area contributed by atoms with Crippen LogP contribution >= 0.6 is 0 Å². The molecule has 2 saturated heterocycles. The van der Waals surface area contributed by atoms with Crippen LogP contribution in [0.1, 0.15) is 32.1 Å². The van der Waals surface area contributed by atoms with Crippen LogP contribution in [0.5, 0.6) is 0 Å². The van der Waals surface area contributed by atoms with E-state index in [-0.39, 0.29) is 6.04 Å². The number of fused-ring (bicyclic) bond motifs is 2. The minimum absolute atomic E-state index is 0.196. The number of carbonyl (C=O) groups is 1. The van der Waals surface area contributed by atoms with Gasteiger partial charge in [-0.15, -0.1) is 0 Å². The molecule has 0 spiro atoms. The van der Waals surface area contributed by atoms with Crippen LogP contribution in [0.2, 0.25) is 0 Å². The average molecular weight is 170 g/mol. The van der Waals surface area contributed by atoms with E-state index in [0.29, 0.717) is 12.8 Å². The molecule has 68 valence electrons. The molecular formula is C8H14N2O2. The van der Waals surface area contributed by atoms with E-state index in [4.69, 9.17) is 5.73 Å². The Labute approximate surface area is 71.3 Å². The number of hydrogen-bond donors (Lipinski definition) is 2. The maximum Gasteiger partial charge on any atom is 0.317 e. The lowest BCUT2D eigenvalue weighted by atomic mass is 10.0. The van der Waals surface area contributed by atoms with Gasteiger partial charge in [0.15, 0.2) is 0 Å². The summed E-state index contributed by atoms with van der Waals surface area (Å²) >= 11 is 0. The maximum absolute atomic E-state index is 11.0. The first kappa shape index (κ1) is 7.86. The second-order valence-electron chi connectivity index (χ2n) is 3.78. The van der Waals surface area contributed by atoms with Gasteiger partial charge in [0.25, 0.3) is 0 Å². The molecule has 2 unspecified atom stereocenters. The molecular weight excluding hydrogens is 156 g/mol. The second kappa shape index (κ2) is 2.36. The Balaban J connectivity index is 2.26. The number of primary amides is 1. The quantitative estimate of drug-likeness (QED) is 0.552. The van der Waals surface area contributed by atoms with Crippen molar-refractivity contribution in [2.24, 2.45) is 5.73 Å². The van der Waals surface area contributed by atoms with Crippen molar-refractivity contribution in [3.63, 3.8) is 0 Å². The van der Waals surface area contributed by atoms with Gasteiger partial charge in [-0.25, -0.2) is 4.79 Å². The number of rotatable bonds is 0. The van der Waals surface area contributed by atoms with Gasteiger partial charge in [-0.3, -0.25) is 4.90 Å². The minimum Gasteiger partial charge on any atom is -0.371 e. The van der Waals surface area contributed by atoms with Gasteiger partial charge in [-0.05, 0) is 32.1 Å². The highest BCUT2D eigenvalue weighted by molar-refractivity contribution is 5.73. The Morgan fingerprint density at radius 1 is 1.50 bits per heavy atom. The summed E-state index contributed by atoms with van der Waals surface area (Å²) in [6.45, 7) is 0. The molecule has 4 heteroatoms. The lowest BCUT2D eigenvalue weighted by Gasteiger charge is -2.39. The van der Waals surface area contributed by atoms with Crippen molar-refractivity contribution in [1.29, 1.82) is 0 Å². The fourth-order valence-electron chi connectivity index (χ4n) is 2.51. The molecule has 12 heavy (non-hydrogen) atoms. The van der Waals surface area contributed by atoms with Gasteiger partial charge < -0.3 is 10.8 Å². The number of urea groups is 1. The van der Waals surface area contributed by atoms with E-state index in [1.807, 2.05) is 0 Å². The van der Waals surface area contributed by atoms with Gasteiger partial charge >= 0.3 is 6.03 Å². The largest absolute Gasteiger partial charge is 0.371 e.